The van der Waals surface area contributed by atoms with Crippen molar-refractivity contribution in [2.24, 2.45) is 0 Å². The molecule has 2 aromatic carbocycles. The van der Waals surface area contributed by atoms with Crippen LogP contribution in [0.5, 0.6) is 5.75 Å². The van der Waals surface area contributed by atoms with Gasteiger partial charge < -0.3 is 20.4 Å². The summed E-state index contributed by atoms with van der Waals surface area (Å²) in [6.07, 6.45) is -1.13. The van der Waals surface area contributed by atoms with Crippen LogP contribution in [0, 0.1) is 0 Å². The number of halogens is 4. The lowest BCUT2D eigenvalue weighted by molar-refractivity contribution is -0.137. The number of fused-ring (bicyclic) bond motifs is 1. The van der Waals surface area contributed by atoms with Crippen LogP contribution in [0.2, 0.25) is 5.02 Å². The van der Waals surface area contributed by atoms with E-state index in [-0.39, 0.29) is 5.56 Å². The SMILES string of the molecule is COc1cc(NCc2cnc3[nH]ccc3c2Cl)cc(NC(=O)c2cccc(C(F)(F)F)c2)c1. The molecule has 0 saturated heterocycles. The zero-order valence-electron chi connectivity index (χ0n) is 17.3. The van der Waals surface area contributed by atoms with Crippen molar-refractivity contribution in [1.82, 2.24) is 9.97 Å². The summed E-state index contributed by atoms with van der Waals surface area (Å²) >= 11 is 6.46. The molecule has 2 aromatic heterocycles. The largest absolute Gasteiger partial charge is 0.497 e. The Hall–Kier alpha value is -3.72. The Kier molecular flexibility index (Phi) is 6.15. The standard InChI is InChI=1S/C23H18ClF3N4O2/c1-33-18-9-16(29-11-14-12-30-21-19(20(14)24)5-6-28-21)8-17(10-18)31-22(32)13-3-2-4-15(7-13)23(25,26)27/h2-10,12,29H,11H2,1H3,(H,28,30)(H,31,32). The molecule has 0 saturated carbocycles. The molecule has 170 valence electrons. The molecule has 6 nitrogen and oxygen atoms in total. The van der Waals surface area contributed by atoms with Crippen molar-refractivity contribution in [3.8, 4) is 5.75 Å². The second-order valence-electron chi connectivity index (χ2n) is 7.17. The summed E-state index contributed by atoms with van der Waals surface area (Å²) in [5.41, 5.74) is 1.40. The zero-order chi connectivity index (χ0) is 23.6. The Balaban J connectivity index is 1.53. The number of aromatic nitrogens is 2. The van der Waals surface area contributed by atoms with Gasteiger partial charge in [0.25, 0.3) is 5.91 Å². The van der Waals surface area contributed by atoms with Crippen LogP contribution in [0.3, 0.4) is 0 Å². The van der Waals surface area contributed by atoms with E-state index in [2.05, 4.69) is 20.6 Å². The molecule has 10 heteroatoms. The lowest BCUT2D eigenvalue weighted by atomic mass is 10.1. The van der Waals surface area contributed by atoms with E-state index >= 15 is 0 Å². The van der Waals surface area contributed by atoms with Crippen molar-refractivity contribution in [3.63, 3.8) is 0 Å². The number of methoxy groups -OCH3 is 1. The third-order valence-corrected chi connectivity index (χ3v) is 5.37. The topological polar surface area (TPSA) is 79.0 Å². The summed E-state index contributed by atoms with van der Waals surface area (Å²) in [5, 5.41) is 7.18. The minimum Gasteiger partial charge on any atom is -0.497 e. The van der Waals surface area contributed by atoms with Crippen LogP contribution in [0.1, 0.15) is 21.5 Å². The van der Waals surface area contributed by atoms with Gasteiger partial charge in [-0.1, -0.05) is 17.7 Å². The van der Waals surface area contributed by atoms with Gasteiger partial charge in [-0.3, -0.25) is 4.79 Å². The number of alkyl halides is 3. The predicted octanol–water partition coefficient (Wildman–Crippen LogP) is 6.11. The third kappa shape index (κ3) is 5.04. The Morgan fingerprint density at radius 2 is 1.94 bits per heavy atom. The van der Waals surface area contributed by atoms with Crippen molar-refractivity contribution in [2.45, 2.75) is 12.7 Å². The average molecular weight is 475 g/mol. The summed E-state index contributed by atoms with van der Waals surface area (Å²) in [6, 6.07) is 11.0. The second-order valence-corrected chi connectivity index (χ2v) is 7.55. The van der Waals surface area contributed by atoms with Gasteiger partial charge in [0, 0.05) is 59.0 Å². The van der Waals surface area contributed by atoms with Crippen molar-refractivity contribution in [1.29, 1.82) is 0 Å². The molecule has 0 aliphatic heterocycles. The fourth-order valence-electron chi connectivity index (χ4n) is 3.27. The van der Waals surface area contributed by atoms with Crippen molar-refractivity contribution < 1.29 is 22.7 Å². The van der Waals surface area contributed by atoms with Crippen LogP contribution in [0.25, 0.3) is 11.0 Å². The Bertz CT molecular complexity index is 1320. The number of aromatic amines is 1. The van der Waals surface area contributed by atoms with E-state index in [4.69, 9.17) is 16.3 Å². The van der Waals surface area contributed by atoms with Crippen LogP contribution in [-0.2, 0) is 12.7 Å². The first-order valence-electron chi connectivity index (χ1n) is 9.76. The van der Waals surface area contributed by atoms with Gasteiger partial charge >= 0.3 is 6.18 Å². The lowest BCUT2D eigenvalue weighted by Gasteiger charge is -2.13. The first kappa shape index (κ1) is 22.5. The highest BCUT2D eigenvalue weighted by molar-refractivity contribution is 6.36. The van der Waals surface area contributed by atoms with Crippen LogP contribution in [0.15, 0.2) is 60.9 Å². The van der Waals surface area contributed by atoms with Crippen molar-refractivity contribution >= 4 is 39.9 Å². The number of ether oxygens (including phenoxy) is 1. The molecule has 0 aliphatic rings. The Morgan fingerprint density at radius 1 is 1.15 bits per heavy atom. The summed E-state index contributed by atoms with van der Waals surface area (Å²) < 4.78 is 44.2. The number of amides is 1. The maximum absolute atomic E-state index is 13.0. The molecule has 0 bridgehead atoms. The number of hydrogen-bond donors (Lipinski definition) is 3. The van der Waals surface area contributed by atoms with Gasteiger partial charge in [0.05, 0.1) is 17.7 Å². The van der Waals surface area contributed by atoms with Crippen LogP contribution in [0.4, 0.5) is 24.5 Å². The quantitative estimate of drug-likeness (QED) is 0.315. The van der Waals surface area contributed by atoms with E-state index in [0.29, 0.717) is 34.3 Å². The zero-order valence-corrected chi connectivity index (χ0v) is 18.0. The van der Waals surface area contributed by atoms with E-state index < -0.39 is 17.6 Å². The van der Waals surface area contributed by atoms with Crippen LogP contribution in [-0.4, -0.2) is 23.0 Å². The maximum atomic E-state index is 13.0. The summed E-state index contributed by atoms with van der Waals surface area (Å²) in [4.78, 5) is 19.9. The van der Waals surface area contributed by atoms with E-state index in [1.54, 1.807) is 30.6 Å². The van der Waals surface area contributed by atoms with Crippen LogP contribution < -0.4 is 15.4 Å². The monoisotopic (exact) mass is 474 g/mol. The molecule has 33 heavy (non-hydrogen) atoms. The van der Waals surface area contributed by atoms with E-state index in [0.717, 1.165) is 23.1 Å². The van der Waals surface area contributed by atoms with E-state index in [1.165, 1.54) is 19.2 Å². The average Bonchev–Trinajstić information content (AvgIpc) is 3.28. The van der Waals surface area contributed by atoms with Crippen molar-refractivity contribution in [2.75, 3.05) is 17.7 Å². The molecule has 0 unspecified atom stereocenters. The van der Waals surface area contributed by atoms with E-state index in [1.807, 2.05) is 6.07 Å². The summed E-state index contributed by atoms with van der Waals surface area (Å²) in [5.74, 6) is -0.227. The van der Waals surface area contributed by atoms with Crippen LogP contribution >= 0.6 is 11.6 Å². The third-order valence-electron chi connectivity index (χ3n) is 4.93. The molecule has 1 amide bonds. The number of benzene rings is 2. The number of anilines is 2. The van der Waals surface area contributed by atoms with E-state index in [9.17, 15) is 18.0 Å². The van der Waals surface area contributed by atoms with Gasteiger partial charge in [0.1, 0.15) is 11.4 Å². The second kappa shape index (κ2) is 9.03. The number of H-pyrrole nitrogens is 1. The highest BCUT2D eigenvalue weighted by Crippen LogP contribution is 2.31. The molecule has 2 heterocycles. The first-order valence-corrected chi connectivity index (χ1v) is 10.1. The molecular formula is C23H18ClF3N4O2. The van der Waals surface area contributed by atoms with Gasteiger partial charge in [-0.05, 0) is 30.3 Å². The molecule has 0 aliphatic carbocycles. The molecular weight excluding hydrogens is 457 g/mol. The number of hydrogen-bond acceptors (Lipinski definition) is 4. The molecule has 4 rings (SSSR count). The smallest absolute Gasteiger partial charge is 0.416 e. The minimum atomic E-state index is -4.54. The number of pyridine rings is 1. The molecule has 3 N–H and O–H groups in total. The normalized spacial score (nSPS) is 11.4. The number of nitrogens with one attached hydrogen (secondary N) is 3. The lowest BCUT2D eigenvalue weighted by Crippen LogP contribution is -2.14. The molecule has 0 radical (unpaired) electrons. The number of nitrogens with zero attached hydrogens (tertiary/aromatic N) is 1. The van der Waals surface area contributed by atoms with Crippen molar-refractivity contribution in [3.05, 3.63) is 82.6 Å². The first-order chi connectivity index (χ1) is 15.7. The van der Waals surface area contributed by atoms with Gasteiger partial charge in [-0.25, -0.2) is 4.98 Å². The van der Waals surface area contributed by atoms with Gasteiger partial charge in [-0.15, -0.1) is 0 Å². The highest BCUT2D eigenvalue weighted by atomic mass is 35.5. The number of carbonyl (C=O) groups excluding carboxylic acids is 1. The molecule has 0 atom stereocenters. The van der Waals surface area contributed by atoms with Gasteiger partial charge in [-0.2, -0.15) is 13.2 Å². The van der Waals surface area contributed by atoms with Gasteiger partial charge in [0.2, 0.25) is 0 Å². The number of rotatable bonds is 6. The summed E-state index contributed by atoms with van der Waals surface area (Å²) in [7, 11) is 1.47. The fourth-order valence-corrected chi connectivity index (χ4v) is 3.54. The number of carbonyl (C=O) groups is 1. The summed E-state index contributed by atoms with van der Waals surface area (Å²) in [6.45, 7) is 0.348. The van der Waals surface area contributed by atoms with Gasteiger partial charge in [0.15, 0.2) is 0 Å². The molecule has 4 aromatic rings. The fraction of sp³-hybridized carbons (Fsp3) is 0.130. The molecule has 0 fully saturated rings. The molecule has 0 spiro atoms. The Labute approximate surface area is 191 Å². The highest BCUT2D eigenvalue weighted by Gasteiger charge is 2.30. The predicted molar refractivity (Wildman–Crippen MR) is 121 cm³/mol. The minimum absolute atomic E-state index is 0.111. The maximum Gasteiger partial charge on any atom is 0.416 e. The Morgan fingerprint density at radius 3 is 2.70 bits per heavy atom.